The minimum atomic E-state index is -1.18. The number of urea groups is 1. The van der Waals surface area contributed by atoms with E-state index in [-0.39, 0.29) is 6.03 Å². The van der Waals surface area contributed by atoms with E-state index in [2.05, 4.69) is 17.6 Å². The van der Waals surface area contributed by atoms with Crippen molar-refractivity contribution in [1.29, 1.82) is 0 Å². The van der Waals surface area contributed by atoms with Crippen molar-refractivity contribution in [3.63, 3.8) is 0 Å². The van der Waals surface area contributed by atoms with Crippen molar-refractivity contribution in [2.75, 3.05) is 19.8 Å². The Morgan fingerprint density at radius 3 is 2.62 bits per heavy atom. The average molecular weight is 298 g/mol. The molecule has 0 aromatic rings. The predicted octanol–water partition coefficient (Wildman–Crippen LogP) is 1.75. The number of ether oxygens (including phenoxy) is 1. The van der Waals surface area contributed by atoms with Crippen molar-refractivity contribution in [1.82, 2.24) is 10.6 Å². The molecule has 0 bridgehead atoms. The second-order valence-electron chi connectivity index (χ2n) is 6.47. The lowest BCUT2D eigenvalue weighted by Gasteiger charge is -2.34. The highest BCUT2D eigenvalue weighted by atomic mass is 16.5. The minimum Gasteiger partial charge on any atom is -0.480 e. The first-order chi connectivity index (χ1) is 10.0. The van der Waals surface area contributed by atoms with Crippen LogP contribution in [-0.2, 0) is 9.53 Å². The summed E-state index contributed by atoms with van der Waals surface area (Å²) >= 11 is 0. The molecule has 0 aromatic heterocycles. The van der Waals surface area contributed by atoms with Crippen LogP contribution in [0.25, 0.3) is 0 Å². The fourth-order valence-electron chi connectivity index (χ4n) is 3.36. The number of carbonyl (C=O) groups is 2. The van der Waals surface area contributed by atoms with Gasteiger partial charge in [-0.15, -0.1) is 0 Å². The lowest BCUT2D eigenvalue weighted by atomic mass is 9.82. The Bertz CT molecular complexity index is 380. The van der Waals surface area contributed by atoms with Crippen LogP contribution in [0, 0.1) is 11.8 Å². The molecule has 1 saturated carbocycles. The number of hydrogen-bond acceptors (Lipinski definition) is 3. The number of hydrogen-bond donors (Lipinski definition) is 3. The summed E-state index contributed by atoms with van der Waals surface area (Å²) in [6, 6.07) is -0.377. The van der Waals surface area contributed by atoms with Crippen molar-refractivity contribution < 1.29 is 19.4 Å². The highest BCUT2D eigenvalue weighted by Crippen LogP contribution is 2.28. The van der Waals surface area contributed by atoms with Crippen LogP contribution in [0.4, 0.5) is 4.79 Å². The van der Waals surface area contributed by atoms with Gasteiger partial charge < -0.3 is 20.5 Å². The molecular weight excluding hydrogens is 272 g/mol. The highest BCUT2D eigenvalue weighted by molar-refractivity contribution is 5.86. The molecule has 0 spiro atoms. The fourth-order valence-corrected chi connectivity index (χ4v) is 3.36. The van der Waals surface area contributed by atoms with Gasteiger partial charge in [-0.25, -0.2) is 9.59 Å². The summed E-state index contributed by atoms with van der Waals surface area (Å²) in [5.41, 5.74) is -1.18. The van der Waals surface area contributed by atoms with E-state index >= 15 is 0 Å². The molecule has 1 aliphatic heterocycles. The highest BCUT2D eigenvalue weighted by Gasteiger charge is 2.41. The zero-order valence-corrected chi connectivity index (χ0v) is 12.7. The third-order valence-electron chi connectivity index (χ3n) is 4.70. The molecule has 21 heavy (non-hydrogen) atoms. The summed E-state index contributed by atoms with van der Waals surface area (Å²) in [5, 5.41) is 14.9. The molecule has 2 amide bonds. The second-order valence-corrected chi connectivity index (χ2v) is 6.47. The van der Waals surface area contributed by atoms with Crippen molar-refractivity contribution >= 4 is 12.0 Å². The molecule has 2 aliphatic rings. The zero-order valence-electron chi connectivity index (χ0n) is 12.7. The maximum atomic E-state index is 12.0. The van der Waals surface area contributed by atoms with Crippen molar-refractivity contribution in [2.24, 2.45) is 11.8 Å². The summed E-state index contributed by atoms with van der Waals surface area (Å²) in [7, 11) is 0. The Balaban J connectivity index is 1.81. The first-order valence-electron chi connectivity index (χ1n) is 7.89. The topological polar surface area (TPSA) is 87.7 Å². The number of nitrogens with one attached hydrogen (secondary N) is 2. The van der Waals surface area contributed by atoms with Gasteiger partial charge in [0.2, 0.25) is 0 Å². The first kappa shape index (κ1) is 16.1. The van der Waals surface area contributed by atoms with Gasteiger partial charge >= 0.3 is 12.0 Å². The largest absolute Gasteiger partial charge is 0.480 e. The zero-order chi connectivity index (χ0) is 15.3. The van der Waals surface area contributed by atoms with Gasteiger partial charge in [0.1, 0.15) is 5.54 Å². The van der Waals surface area contributed by atoms with E-state index in [1.807, 2.05) is 0 Å². The summed E-state index contributed by atoms with van der Waals surface area (Å²) < 4.78 is 5.19. The molecule has 2 rings (SSSR count). The molecule has 2 unspecified atom stereocenters. The Labute approximate surface area is 125 Å². The van der Waals surface area contributed by atoms with E-state index in [1.54, 1.807) is 0 Å². The van der Waals surface area contributed by atoms with E-state index in [9.17, 15) is 14.7 Å². The molecule has 6 nitrogen and oxygen atoms in total. The standard InChI is InChI=1S/C15H26N2O4/c1-11-3-2-4-12(9-11)10-16-14(20)17-15(13(18)19)5-7-21-8-6-15/h11-12H,2-10H2,1H3,(H,18,19)(H2,16,17,20). The monoisotopic (exact) mass is 298 g/mol. The molecule has 120 valence electrons. The minimum absolute atomic E-state index is 0.316. The summed E-state index contributed by atoms with van der Waals surface area (Å²) in [6.07, 6.45) is 5.39. The van der Waals surface area contributed by atoms with E-state index in [0.717, 1.165) is 18.8 Å². The summed E-state index contributed by atoms with van der Waals surface area (Å²) in [6.45, 7) is 3.61. The Hall–Kier alpha value is -1.30. The lowest BCUT2D eigenvalue weighted by molar-refractivity contribution is -0.148. The van der Waals surface area contributed by atoms with E-state index < -0.39 is 11.5 Å². The molecule has 1 heterocycles. The summed E-state index contributed by atoms with van der Waals surface area (Å²) in [4.78, 5) is 23.5. The number of carboxylic acids is 1. The molecule has 2 atom stereocenters. The molecule has 3 N–H and O–H groups in total. The van der Waals surface area contributed by atoms with Crippen molar-refractivity contribution in [3.05, 3.63) is 0 Å². The quantitative estimate of drug-likeness (QED) is 0.738. The molecule has 0 aromatic carbocycles. The number of rotatable bonds is 4. The smallest absolute Gasteiger partial charge is 0.329 e. The maximum Gasteiger partial charge on any atom is 0.329 e. The SMILES string of the molecule is CC1CCCC(CNC(=O)NC2(C(=O)O)CCOCC2)C1. The molecule has 1 saturated heterocycles. The third-order valence-corrected chi connectivity index (χ3v) is 4.70. The van der Waals surface area contributed by atoms with Gasteiger partial charge in [-0.05, 0) is 24.7 Å². The van der Waals surface area contributed by atoms with E-state index in [1.165, 1.54) is 12.8 Å². The molecule has 2 fully saturated rings. The van der Waals surface area contributed by atoms with Gasteiger partial charge in [0.15, 0.2) is 0 Å². The van der Waals surface area contributed by atoms with Crippen LogP contribution in [-0.4, -0.2) is 42.4 Å². The molecule has 1 aliphatic carbocycles. The van der Waals surface area contributed by atoms with Crippen molar-refractivity contribution in [3.8, 4) is 0 Å². The fraction of sp³-hybridized carbons (Fsp3) is 0.867. The van der Waals surface area contributed by atoms with Gasteiger partial charge in [-0.2, -0.15) is 0 Å². The molecule has 6 heteroatoms. The summed E-state index contributed by atoms with van der Waals surface area (Å²) in [5.74, 6) is 0.247. The lowest BCUT2D eigenvalue weighted by Crippen LogP contribution is -2.60. The van der Waals surface area contributed by atoms with Crippen molar-refractivity contribution in [2.45, 2.75) is 51.0 Å². The van der Waals surface area contributed by atoms with Crippen LogP contribution >= 0.6 is 0 Å². The average Bonchev–Trinajstić information content (AvgIpc) is 2.46. The first-order valence-corrected chi connectivity index (χ1v) is 7.89. The van der Waals surface area contributed by atoms with E-state index in [0.29, 0.717) is 38.5 Å². The van der Waals surface area contributed by atoms with Crippen LogP contribution in [0.15, 0.2) is 0 Å². The number of carbonyl (C=O) groups excluding carboxylic acids is 1. The van der Waals surface area contributed by atoms with Crippen LogP contribution < -0.4 is 10.6 Å². The Morgan fingerprint density at radius 1 is 1.29 bits per heavy atom. The van der Waals surface area contributed by atoms with Gasteiger partial charge in [0.25, 0.3) is 0 Å². The van der Waals surface area contributed by atoms with Crippen LogP contribution in [0.1, 0.15) is 45.4 Å². The third kappa shape index (κ3) is 4.33. The van der Waals surface area contributed by atoms with Crippen LogP contribution in [0.2, 0.25) is 0 Å². The predicted molar refractivity (Wildman–Crippen MR) is 78.1 cm³/mol. The van der Waals surface area contributed by atoms with Gasteiger partial charge in [-0.1, -0.05) is 19.8 Å². The van der Waals surface area contributed by atoms with E-state index in [4.69, 9.17) is 4.74 Å². The second kappa shape index (κ2) is 7.11. The van der Waals surface area contributed by atoms with Gasteiger partial charge in [-0.3, -0.25) is 0 Å². The van der Waals surface area contributed by atoms with Gasteiger partial charge in [0, 0.05) is 32.6 Å². The number of aliphatic carboxylic acids is 1. The Kier molecular flexibility index (Phi) is 5.45. The van der Waals surface area contributed by atoms with Crippen LogP contribution in [0.3, 0.4) is 0 Å². The number of carboxylic acid groups (broad SMARTS) is 1. The normalized spacial score (nSPS) is 28.6. The number of amides is 2. The van der Waals surface area contributed by atoms with Gasteiger partial charge in [0.05, 0.1) is 0 Å². The molecular formula is C15H26N2O4. The Morgan fingerprint density at radius 2 is 2.00 bits per heavy atom. The maximum absolute atomic E-state index is 12.0. The molecule has 0 radical (unpaired) electrons. The van der Waals surface area contributed by atoms with Crippen LogP contribution in [0.5, 0.6) is 0 Å².